The molecule has 0 saturated heterocycles. The highest BCUT2D eigenvalue weighted by molar-refractivity contribution is 6.00. The largest absolute Gasteiger partial charge is 0.309 e. The third-order valence-corrected chi connectivity index (χ3v) is 1.36. The third kappa shape index (κ3) is 1.51. The highest BCUT2D eigenvalue weighted by atomic mass is 16.6. The molecule has 0 aromatic carbocycles. The number of nitro groups is 1. The van der Waals surface area contributed by atoms with Crippen LogP contribution in [0.2, 0.25) is 0 Å². The molecule has 0 bridgehead atoms. The Kier molecular flexibility index (Phi) is 1.84. The summed E-state index contributed by atoms with van der Waals surface area (Å²) in [5.74, 6) is -0.143. The zero-order valence-corrected chi connectivity index (χ0v) is 5.90. The lowest BCUT2D eigenvalue weighted by Crippen LogP contribution is -2.47. The third-order valence-electron chi connectivity index (χ3n) is 1.36. The number of nitrogens with one attached hydrogen (secondary N) is 1. The van der Waals surface area contributed by atoms with E-state index < -0.39 is 16.9 Å². The first-order chi connectivity index (χ1) is 5.11. The summed E-state index contributed by atoms with van der Waals surface area (Å²) in [7, 11) is 0. The van der Waals surface area contributed by atoms with Gasteiger partial charge in [-0.3, -0.25) is 19.9 Å². The Hall–Kier alpha value is -1.46. The summed E-state index contributed by atoms with van der Waals surface area (Å²) in [5.41, 5.74) is 0. The lowest BCUT2D eigenvalue weighted by atomic mass is 10.2. The molecule has 1 aliphatic rings. The van der Waals surface area contributed by atoms with Crippen LogP contribution in [0.3, 0.4) is 0 Å². The molecule has 0 radical (unpaired) electrons. The minimum atomic E-state index is -1.21. The fourth-order valence-electron chi connectivity index (χ4n) is 0.770. The Balaban J connectivity index is 2.74. The minimum Gasteiger partial charge on any atom is -0.309 e. The van der Waals surface area contributed by atoms with Crippen LogP contribution in [0.15, 0.2) is 4.99 Å². The van der Waals surface area contributed by atoms with Crippen molar-refractivity contribution in [1.82, 2.24) is 5.32 Å². The van der Waals surface area contributed by atoms with Crippen LogP contribution in [0.4, 0.5) is 0 Å². The van der Waals surface area contributed by atoms with E-state index in [1.165, 1.54) is 0 Å². The molecule has 0 aromatic heterocycles. The Morgan fingerprint density at radius 2 is 2.45 bits per heavy atom. The summed E-state index contributed by atoms with van der Waals surface area (Å²) in [6, 6.07) is -1.21. The number of carbonyl (C=O) groups is 1. The lowest BCUT2D eigenvalue weighted by Gasteiger charge is -2.12. The van der Waals surface area contributed by atoms with Gasteiger partial charge in [-0.2, -0.15) is 0 Å². The van der Waals surface area contributed by atoms with E-state index >= 15 is 0 Å². The van der Waals surface area contributed by atoms with E-state index in [9.17, 15) is 14.9 Å². The molecule has 1 aliphatic heterocycles. The topological polar surface area (TPSA) is 84.6 Å². The number of aliphatic imine (C=N–C) groups is 1. The Morgan fingerprint density at radius 3 is 2.91 bits per heavy atom. The van der Waals surface area contributed by atoms with Gasteiger partial charge in [-0.25, -0.2) is 0 Å². The van der Waals surface area contributed by atoms with Gasteiger partial charge in [0, 0.05) is 4.92 Å². The van der Waals surface area contributed by atoms with Crippen molar-refractivity contribution in [2.45, 2.75) is 13.0 Å². The summed E-state index contributed by atoms with van der Waals surface area (Å²) >= 11 is 0. The first-order valence-electron chi connectivity index (χ1n) is 3.06. The molecule has 1 heterocycles. The summed E-state index contributed by atoms with van der Waals surface area (Å²) in [4.78, 5) is 24.1. The fourth-order valence-corrected chi connectivity index (χ4v) is 0.770. The van der Waals surface area contributed by atoms with E-state index in [0.29, 0.717) is 5.84 Å². The predicted octanol–water partition coefficient (Wildman–Crippen LogP) is -0.820. The molecular formula is C5H7N3O3. The number of amides is 1. The molecular weight excluding hydrogens is 150 g/mol. The van der Waals surface area contributed by atoms with E-state index in [4.69, 9.17) is 0 Å². The van der Waals surface area contributed by atoms with Crippen molar-refractivity contribution in [2.24, 2.45) is 4.99 Å². The van der Waals surface area contributed by atoms with Gasteiger partial charge in [-0.05, 0) is 6.92 Å². The fraction of sp³-hybridized carbons (Fsp3) is 0.600. The van der Waals surface area contributed by atoms with E-state index in [1.54, 1.807) is 6.92 Å². The number of hydrogen-bond acceptors (Lipinski definition) is 4. The first-order valence-corrected chi connectivity index (χ1v) is 3.06. The summed E-state index contributed by atoms with van der Waals surface area (Å²) in [5, 5.41) is 12.4. The van der Waals surface area contributed by atoms with Crippen molar-refractivity contribution >= 4 is 11.7 Å². The number of nitrogens with zero attached hydrogens (tertiary/aromatic N) is 2. The van der Waals surface area contributed by atoms with Gasteiger partial charge in [0.2, 0.25) is 0 Å². The summed E-state index contributed by atoms with van der Waals surface area (Å²) < 4.78 is 0. The van der Waals surface area contributed by atoms with E-state index in [-0.39, 0.29) is 6.54 Å². The van der Waals surface area contributed by atoms with Gasteiger partial charge in [-0.15, -0.1) is 0 Å². The molecule has 1 atom stereocenters. The van der Waals surface area contributed by atoms with Crippen molar-refractivity contribution < 1.29 is 9.72 Å². The highest BCUT2D eigenvalue weighted by Gasteiger charge is 2.32. The smallest absolute Gasteiger partial charge is 0.309 e. The summed E-state index contributed by atoms with van der Waals surface area (Å²) in [6.45, 7) is 1.54. The van der Waals surface area contributed by atoms with Gasteiger partial charge in [0.25, 0.3) is 0 Å². The van der Waals surface area contributed by atoms with Crippen molar-refractivity contribution in [3.8, 4) is 0 Å². The van der Waals surface area contributed by atoms with Crippen LogP contribution in [0.25, 0.3) is 0 Å². The zero-order valence-electron chi connectivity index (χ0n) is 5.90. The molecule has 0 spiro atoms. The SMILES string of the molecule is CC1=NCC([N+](=O)[O-])C(=O)N1. The van der Waals surface area contributed by atoms with E-state index in [0.717, 1.165) is 0 Å². The second kappa shape index (κ2) is 2.65. The molecule has 11 heavy (non-hydrogen) atoms. The molecule has 1 N–H and O–H groups in total. The summed E-state index contributed by atoms with van der Waals surface area (Å²) in [6.07, 6.45) is 0. The van der Waals surface area contributed by atoms with Gasteiger partial charge in [0.15, 0.2) is 0 Å². The van der Waals surface area contributed by atoms with Gasteiger partial charge in [-0.1, -0.05) is 0 Å². The second-order valence-corrected chi connectivity index (χ2v) is 2.22. The molecule has 0 aromatic rings. The molecule has 1 amide bonds. The number of rotatable bonds is 1. The standard InChI is InChI=1S/C5H7N3O3/c1-3-6-2-4(8(10)11)5(9)7-3/h4H,2H2,1H3,(H,6,7,9). The Bertz CT molecular complexity index is 235. The van der Waals surface area contributed by atoms with Crippen LogP contribution in [0.1, 0.15) is 6.92 Å². The van der Waals surface area contributed by atoms with Crippen LogP contribution < -0.4 is 5.32 Å². The van der Waals surface area contributed by atoms with E-state index in [1.807, 2.05) is 0 Å². The Labute approximate surface area is 62.5 Å². The Morgan fingerprint density at radius 1 is 1.82 bits per heavy atom. The molecule has 1 unspecified atom stereocenters. The average molecular weight is 157 g/mol. The van der Waals surface area contributed by atoms with Crippen LogP contribution in [-0.4, -0.2) is 29.3 Å². The van der Waals surface area contributed by atoms with E-state index in [2.05, 4.69) is 10.3 Å². The highest BCUT2D eigenvalue weighted by Crippen LogP contribution is 1.97. The van der Waals surface area contributed by atoms with Gasteiger partial charge >= 0.3 is 11.9 Å². The quantitative estimate of drug-likeness (QED) is 0.398. The zero-order chi connectivity index (χ0) is 8.43. The molecule has 1 rings (SSSR count). The normalized spacial score (nSPS) is 23.9. The molecule has 6 heteroatoms. The minimum absolute atomic E-state index is 0.0509. The molecule has 0 saturated carbocycles. The van der Waals surface area contributed by atoms with Gasteiger partial charge in [0.1, 0.15) is 12.4 Å². The molecule has 60 valence electrons. The van der Waals surface area contributed by atoms with Crippen LogP contribution >= 0.6 is 0 Å². The molecule has 0 fully saturated rings. The van der Waals surface area contributed by atoms with Gasteiger partial charge in [0.05, 0.1) is 0 Å². The van der Waals surface area contributed by atoms with Crippen molar-refractivity contribution in [1.29, 1.82) is 0 Å². The van der Waals surface area contributed by atoms with Gasteiger partial charge < -0.3 is 5.32 Å². The second-order valence-electron chi connectivity index (χ2n) is 2.22. The predicted molar refractivity (Wildman–Crippen MR) is 36.9 cm³/mol. The number of carbonyl (C=O) groups excluding carboxylic acids is 1. The van der Waals surface area contributed by atoms with Crippen molar-refractivity contribution in [3.05, 3.63) is 10.1 Å². The first kappa shape index (κ1) is 7.64. The van der Waals surface area contributed by atoms with Crippen molar-refractivity contribution in [2.75, 3.05) is 6.54 Å². The number of amidine groups is 1. The average Bonchev–Trinajstić information content (AvgIpc) is 1.85. The van der Waals surface area contributed by atoms with Crippen LogP contribution in [0.5, 0.6) is 0 Å². The van der Waals surface area contributed by atoms with Crippen LogP contribution in [-0.2, 0) is 4.79 Å². The van der Waals surface area contributed by atoms with Crippen molar-refractivity contribution in [3.63, 3.8) is 0 Å². The maximum Gasteiger partial charge on any atom is 0.309 e. The maximum absolute atomic E-state index is 10.8. The van der Waals surface area contributed by atoms with Crippen LogP contribution in [0, 0.1) is 10.1 Å². The maximum atomic E-state index is 10.8. The molecule has 6 nitrogen and oxygen atoms in total. The molecule has 0 aliphatic carbocycles. The monoisotopic (exact) mass is 157 g/mol. The lowest BCUT2D eigenvalue weighted by molar-refractivity contribution is -0.505. The number of hydrogen-bond donors (Lipinski definition) is 1.